The Balaban J connectivity index is 2.00. The van der Waals surface area contributed by atoms with E-state index in [-0.39, 0.29) is 5.75 Å². The number of carbonyl (C=O) groups is 1. The van der Waals surface area contributed by atoms with Gasteiger partial charge < -0.3 is 20.2 Å². The van der Waals surface area contributed by atoms with E-state index in [0.29, 0.717) is 27.8 Å². The summed E-state index contributed by atoms with van der Waals surface area (Å²) < 4.78 is 5.37. The average molecular weight is 308 g/mol. The molecule has 1 aliphatic heterocycles. The van der Waals surface area contributed by atoms with Crippen LogP contribution in [0.1, 0.15) is 17.2 Å². The number of para-hydroxylation sites is 1. The first-order valence-electron chi connectivity index (χ1n) is 7.05. The van der Waals surface area contributed by atoms with Crippen molar-refractivity contribution in [3.63, 3.8) is 0 Å². The van der Waals surface area contributed by atoms with E-state index in [0.717, 1.165) is 0 Å². The number of anilines is 1. The number of phenolic OH excluding ortho intramolecular Hbond substituents is 1. The standard InChI is InChI=1S/C17H12N2O4/c20-10-7-5-9(6-8-10)14-13-15(19-17(22)18-14)11-3-1-2-4-12(11)23-16(13)21/h1-8,14,20H,(H2,18,19,22). The molecule has 3 aromatic rings. The first kappa shape index (κ1) is 13.4. The molecule has 2 amide bonds. The summed E-state index contributed by atoms with van der Waals surface area (Å²) >= 11 is 0. The number of nitrogens with one attached hydrogen (secondary N) is 2. The molecule has 1 aliphatic rings. The normalized spacial score (nSPS) is 16.5. The lowest BCUT2D eigenvalue weighted by atomic mass is 9.95. The van der Waals surface area contributed by atoms with Crippen LogP contribution in [0.4, 0.5) is 10.5 Å². The van der Waals surface area contributed by atoms with Crippen molar-refractivity contribution in [3.8, 4) is 5.75 Å². The van der Waals surface area contributed by atoms with Crippen LogP contribution < -0.4 is 16.3 Å². The van der Waals surface area contributed by atoms with Crippen molar-refractivity contribution >= 4 is 22.7 Å². The van der Waals surface area contributed by atoms with E-state index in [4.69, 9.17) is 4.42 Å². The molecule has 6 nitrogen and oxygen atoms in total. The van der Waals surface area contributed by atoms with Gasteiger partial charge in [-0.1, -0.05) is 24.3 Å². The molecule has 1 atom stereocenters. The Bertz CT molecular complexity index is 976. The van der Waals surface area contributed by atoms with E-state index < -0.39 is 17.7 Å². The molecule has 0 fully saturated rings. The monoisotopic (exact) mass is 308 g/mol. The molecule has 0 saturated carbocycles. The molecule has 23 heavy (non-hydrogen) atoms. The number of phenols is 1. The number of hydrogen-bond donors (Lipinski definition) is 3. The van der Waals surface area contributed by atoms with Crippen LogP contribution in [0.2, 0.25) is 0 Å². The molecule has 2 aromatic carbocycles. The largest absolute Gasteiger partial charge is 0.508 e. The third-order valence-corrected chi connectivity index (χ3v) is 3.88. The summed E-state index contributed by atoms with van der Waals surface area (Å²) in [4.78, 5) is 24.5. The van der Waals surface area contributed by atoms with Gasteiger partial charge in [-0.05, 0) is 29.8 Å². The molecule has 6 heteroatoms. The van der Waals surface area contributed by atoms with E-state index >= 15 is 0 Å². The zero-order valence-corrected chi connectivity index (χ0v) is 11.9. The van der Waals surface area contributed by atoms with Gasteiger partial charge >= 0.3 is 11.7 Å². The molecule has 0 saturated heterocycles. The van der Waals surface area contributed by atoms with Crippen LogP contribution in [0.25, 0.3) is 11.0 Å². The Hall–Kier alpha value is -3.28. The predicted molar refractivity (Wildman–Crippen MR) is 84.6 cm³/mol. The number of amides is 2. The van der Waals surface area contributed by atoms with Gasteiger partial charge in [0.25, 0.3) is 0 Å². The molecule has 0 bridgehead atoms. The summed E-state index contributed by atoms with van der Waals surface area (Å²) in [7, 11) is 0. The molecule has 1 aromatic heterocycles. The molecule has 0 aliphatic carbocycles. The van der Waals surface area contributed by atoms with Gasteiger partial charge in [-0.3, -0.25) is 0 Å². The molecule has 4 rings (SSSR count). The maximum absolute atomic E-state index is 12.4. The SMILES string of the molecule is O=C1Nc2c(c(=O)oc3ccccc23)C(c2ccc(O)cc2)N1. The topological polar surface area (TPSA) is 91.6 Å². The fraction of sp³-hybridized carbons (Fsp3) is 0.0588. The smallest absolute Gasteiger partial charge is 0.344 e. The highest BCUT2D eigenvalue weighted by Crippen LogP contribution is 2.34. The van der Waals surface area contributed by atoms with Crippen molar-refractivity contribution in [2.45, 2.75) is 6.04 Å². The Morgan fingerprint density at radius 2 is 1.74 bits per heavy atom. The zero-order chi connectivity index (χ0) is 16.0. The summed E-state index contributed by atoms with van der Waals surface area (Å²) in [6.45, 7) is 0. The fourth-order valence-corrected chi connectivity index (χ4v) is 2.83. The molecular weight excluding hydrogens is 296 g/mol. The van der Waals surface area contributed by atoms with Gasteiger partial charge in [0.15, 0.2) is 0 Å². The minimum Gasteiger partial charge on any atom is -0.508 e. The number of rotatable bonds is 1. The summed E-state index contributed by atoms with van der Waals surface area (Å²) in [5.41, 5.74) is 1.39. The highest BCUT2D eigenvalue weighted by atomic mass is 16.4. The molecule has 0 radical (unpaired) electrons. The lowest BCUT2D eigenvalue weighted by Gasteiger charge is -2.27. The van der Waals surface area contributed by atoms with Crippen LogP contribution in [0, 0.1) is 0 Å². The molecule has 0 spiro atoms. The van der Waals surface area contributed by atoms with Gasteiger partial charge in [0.05, 0.1) is 17.3 Å². The molecule has 2 heterocycles. The molecule has 3 N–H and O–H groups in total. The number of hydrogen-bond acceptors (Lipinski definition) is 4. The Labute approximate surface area is 130 Å². The number of urea groups is 1. The molecular formula is C17H12N2O4. The van der Waals surface area contributed by atoms with E-state index in [1.54, 1.807) is 30.3 Å². The van der Waals surface area contributed by atoms with Gasteiger partial charge in [0.2, 0.25) is 0 Å². The van der Waals surface area contributed by atoms with E-state index in [1.807, 2.05) is 6.07 Å². The van der Waals surface area contributed by atoms with Crippen LogP contribution in [-0.4, -0.2) is 11.1 Å². The maximum Gasteiger partial charge on any atom is 0.344 e. The van der Waals surface area contributed by atoms with Crippen LogP contribution in [0.15, 0.2) is 57.7 Å². The predicted octanol–water partition coefficient (Wildman–Crippen LogP) is 2.72. The minimum atomic E-state index is -0.639. The second kappa shape index (κ2) is 4.88. The van der Waals surface area contributed by atoms with Gasteiger partial charge in [0.1, 0.15) is 11.3 Å². The van der Waals surface area contributed by atoms with E-state index in [9.17, 15) is 14.7 Å². The van der Waals surface area contributed by atoms with Crippen LogP contribution >= 0.6 is 0 Å². The van der Waals surface area contributed by atoms with E-state index in [2.05, 4.69) is 10.6 Å². The van der Waals surface area contributed by atoms with Crippen molar-refractivity contribution in [1.82, 2.24) is 5.32 Å². The lowest BCUT2D eigenvalue weighted by Crippen LogP contribution is -2.41. The first-order valence-corrected chi connectivity index (χ1v) is 7.05. The average Bonchev–Trinajstić information content (AvgIpc) is 2.55. The number of aromatic hydroxyl groups is 1. The summed E-state index contributed by atoms with van der Waals surface area (Å²) in [5, 5.41) is 15.5. The number of carbonyl (C=O) groups excluding carboxylic acids is 1. The Morgan fingerprint density at radius 1 is 1.00 bits per heavy atom. The molecule has 1 unspecified atom stereocenters. The van der Waals surface area contributed by atoms with Crippen molar-refractivity contribution in [3.05, 3.63) is 70.1 Å². The highest BCUT2D eigenvalue weighted by Gasteiger charge is 2.31. The Morgan fingerprint density at radius 3 is 2.52 bits per heavy atom. The number of fused-ring (bicyclic) bond motifs is 3. The number of benzene rings is 2. The van der Waals surface area contributed by atoms with Gasteiger partial charge in [-0.25, -0.2) is 9.59 Å². The Kier molecular flexibility index (Phi) is 2.84. The van der Waals surface area contributed by atoms with E-state index in [1.165, 1.54) is 12.1 Å². The second-order valence-corrected chi connectivity index (χ2v) is 5.30. The van der Waals surface area contributed by atoms with Crippen molar-refractivity contribution < 1.29 is 14.3 Å². The summed E-state index contributed by atoms with van der Waals surface area (Å²) in [6, 6.07) is 12.3. The highest BCUT2D eigenvalue weighted by molar-refractivity contribution is 6.03. The maximum atomic E-state index is 12.4. The van der Waals surface area contributed by atoms with Crippen molar-refractivity contribution in [2.24, 2.45) is 0 Å². The summed E-state index contributed by atoms with van der Waals surface area (Å²) in [6.07, 6.45) is 0. The zero-order valence-electron chi connectivity index (χ0n) is 11.9. The third kappa shape index (κ3) is 2.12. The first-order chi connectivity index (χ1) is 11.1. The van der Waals surface area contributed by atoms with Gasteiger partial charge in [-0.2, -0.15) is 0 Å². The fourth-order valence-electron chi connectivity index (χ4n) is 2.83. The van der Waals surface area contributed by atoms with Gasteiger partial charge in [0, 0.05) is 5.39 Å². The van der Waals surface area contributed by atoms with Gasteiger partial charge in [-0.15, -0.1) is 0 Å². The molecule has 114 valence electrons. The third-order valence-electron chi connectivity index (χ3n) is 3.88. The second-order valence-electron chi connectivity index (χ2n) is 5.30. The van der Waals surface area contributed by atoms with Crippen LogP contribution in [-0.2, 0) is 0 Å². The minimum absolute atomic E-state index is 0.111. The quantitative estimate of drug-likeness (QED) is 0.603. The van der Waals surface area contributed by atoms with Crippen molar-refractivity contribution in [1.29, 1.82) is 0 Å². The summed E-state index contributed by atoms with van der Waals surface area (Å²) in [5.74, 6) is 0.111. The van der Waals surface area contributed by atoms with Crippen molar-refractivity contribution in [2.75, 3.05) is 5.32 Å². The van der Waals surface area contributed by atoms with Crippen LogP contribution in [0.3, 0.4) is 0 Å². The lowest BCUT2D eigenvalue weighted by molar-refractivity contribution is 0.248. The van der Waals surface area contributed by atoms with Crippen LogP contribution in [0.5, 0.6) is 5.75 Å².